The number of carbonyl (C=O) groups excluding carboxylic acids is 2. The molecule has 24 heavy (non-hydrogen) atoms. The lowest BCUT2D eigenvalue weighted by Crippen LogP contribution is -2.42. The Kier molecular flexibility index (Phi) is 7.78. The molecule has 0 heterocycles. The van der Waals surface area contributed by atoms with Crippen molar-refractivity contribution in [2.75, 3.05) is 6.54 Å². The van der Waals surface area contributed by atoms with Gasteiger partial charge in [0.2, 0.25) is 5.91 Å². The van der Waals surface area contributed by atoms with Crippen LogP contribution >= 0.6 is 0 Å². The summed E-state index contributed by atoms with van der Waals surface area (Å²) in [4.78, 5) is 23.3. The number of nitrogens with two attached hydrogens (primary N) is 1. The molecule has 0 bridgehead atoms. The van der Waals surface area contributed by atoms with Crippen LogP contribution in [-0.2, 0) is 14.3 Å². The van der Waals surface area contributed by atoms with Crippen LogP contribution in [0.15, 0.2) is 18.2 Å². The van der Waals surface area contributed by atoms with Gasteiger partial charge in [-0.1, -0.05) is 12.1 Å². The van der Waals surface area contributed by atoms with E-state index in [1.807, 2.05) is 0 Å². The summed E-state index contributed by atoms with van der Waals surface area (Å²) in [6, 6.07) is 3.06. The van der Waals surface area contributed by atoms with E-state index in [1.165, 1.54) is 19.1 Å². The highest BCUT2D eigenvalue weighted by molar-refractivity contribution is 5.83. The van der Waals surface area contributed by atoms with Crippen LogP contribution in [0.3, 0.4) is 0 Å². The predicted molar refractivity (Wildman–Crippen MR) is 86.2 cm³/mol. The van der Waals surface area contributed by atoms with Gasteiger partial charge in [-0.15, -0.1) is 0 Å². The maximum atomic E-state index is 13.9. The zero-order valence-corrected chi connectivity index (χ0v) is 14.1. The Hall–Kier alpha value is -2.02. The first-order valence-corrected chi connectivity index (χ1v) is 7.87. The first kappa shape index (κ1) is 20.0. The van der Waals surface area contributed by atoms with Crippen LogP contribution in [0.5, 0.6) is 0 Å². The first-order chi connectivity index (χ1) is 11.3. The van der Waals surface area contributed by atoms with E-state index < -0.39 is 29.6 Å². The van der Waals surface area contributed by atoms with Crippen molar-refractivity contribution < 1.29 is 23.1 Å². The Labute approximate surface area is 140 Å². The molecule has 0 aliphatic carbocycles. The molecule has 1 amide bonds. The fourth-order valence-electron chi connectivity index (χ4n) is 2.41. The van der Waals surface area contributed by atoms with Gasteiger partial charge in [-0.2, -0.15) is 0 Å². The first-order valence-electron chi connectivity index (χ1n) is 7.87. The number of esters is 1. The summed E-state index contributed by atoms with van der Waals surface area (Å²) < 4.78 is 32.4. The number of rotatable bonds is 8. The summed E-state index contributed by atoms with van der Waals surface area (Å²) >= 11 is 0. The van der Waals surface area contributed by atoms with E-state index in [4.69, 9.17) is 10.5 Å². The maximum absolute atomic E-state index is 13.9. The molecule has 0 aliphatic rings. The summed E-state index contributed by atoms with van der Waals surface area (Å²) in [6.07, 6.45) is 0.192. The van der Waals surface area contributed by atoms with Crippen molar-refractivity contribution in [1.29, 1.82) is 0 Å². The molecule has 7 heteroatoms. The molecule has 134 valence electrons. The molecule has 0 fully saturated rings. The van der Waals surface area contributed by atoms with Crippen molar-refractivity contribution >= 4 is 11.9 Å². The van der Waals surface area contributed by atoms with Crippen LogP contribution in [0.25, 0.3) is 0 Å². The van der Waals surface area contributed by atoms with E-state index >= 15 is 0 Å². The summed E-state index contributed by atoms with van der Waals surface area (Å²) in [5, 5.41) is 2.52. The molecule has 1 aromatic carbocycles. The monoisotopic (exact) mass is 342 g/mol. The van der Waals surface area contributed by atoms with Gasteiger partial charge in [0.15, 0.2) is 11.6 Å². The lowest BCUT2D eigenvalue weighted by Gasteiger charge is -2.21. The lowest BCUT2D eigenvalue weighted by molar-refractivity contribution is -0.151. The van der Waals surface area contributed by atoms with Crippen LogP contribution in [0.4, 0.5) is 8.78 Å². The zero-order valence-electron chi connectivity index (χ0n) is 14.1. The summed E-state index contributed by atoms with van der Waals surface area (Å²) in [6.45, 7) is 4.79. The topological polar surface area (TPSA) is 81.4 Å². The number of carbonyl (C=O) groups is 2. The van der Waals surface area contributed by atoms with Gasteiger partial charge in [-0.25, -0.2) is 13.6 Å². The average molecular weight is 342 g/mol. The zero-order chi connectivity index (χ0) is 18.3. The number of ether oxygens (including phenoxy) is 1. The molecule has 1 aromatic rings. The molecule has 0 saturated carbocycles. The number of hydrogen-bond donors (Lipinski definition) is 2. The molecule has 0 radical (unpaired) electrons. The third kappa shape index (κ3) is 5.88. The SMILES string of the molecule is CC(=O)NC(CCC(CN)c1cccc(F)c1F)C(=O)OC(C)C. The fraction of sp³-hybridized carbons (Fsp3) is 0.529. The second kappa shape index (κ2) is 9.32. The Bertz CT molecular complexity index is 579. The number of benzene rings is 1. The molecule has 0 spiro atoms. The van der Waals surface area contributed by atoms with Gasteiger partial charge in [0.05, 0.1) is 6.10 Å². The molecular formula is C17H24F2N2O3. The van der Waals surface area contributed by atoms with Gasteiger partial charge in [-0.05, 0) is 50.8 Å². The van der Waals surface area contributed by atoms with Crippen molar-refractivity contribution in [3.63, 3.8) is 0 Å². The minimum absolute atomic E-state index is 0.0897. The van der Waals surface area contributed by atoms with Gasteiger partial charge in [-0.3, -0.25) is 4.79 Å². The summed E-state index contributed by atoms with van der Waals surface area (Å²) in [5.74, 6) is -3.28. The normalized spacial score (nSPS) is 13.5. The van der Waals surface area contributed by atoms with E-state index in [0.29, 0.717) is 6.42 Å². The van der Waals surface area contributed by atoms with Crippen LogP contribution < -0.4 is 11.1 Å². The van der Waals surface area contributed by atoms with Crippen molar-refractivity contribution in [3.8, 4) is 0 Å². The number of halogens is 2. The highest BCUT2D eigenvalue weighted by atomic mass is 19.2. The number of nitrogens with one attached hydrogen (secondary N) is 1. The third-order valence-corrected chi connectivity index (χ3v) is 3.52. The number of amides is 1. The van der Waals surface area contributed by atoms with E-state index in [9.17, 15) is 18.4 Å². The molecule has 0 saturated heterocycles. The quantitative estimate of drug-likeness (QED) is 0.710. The fourth-order valence-corrected chi connectivity index (χ4v) is 2.41. The van der Waals surface area contributed by atoms with Crippen LogP contribution in [-0.4, -0.2) is 30.6 Å². The van der Waals surface area contributed by atoms with Gasteiger partial charge >= 0.3 is 5.97 Å². The Morgan fingerprint density at radius 1 is 1.25 bits per heavy atom. The Morgan fingerprint density at radius 3 is 2.46 bits per heavy atom. The summed E-state index contributed by atoms with van der Waals surface area (Å²) in [5.41, 5.74) is 5.84. The highest BCUT2D eigenvalue weighted by Gasteiger charge is 2.25. The molecular weight excluding hydrogens is 318 g/mol. The third-order valence-electron chi connectivity index (χ3n) is 3.52. The standard InChI is InChI=1S/C17H24F2N2O3/c1-10(2)24-17(23)15(21-11(3)22)8-7-12(9-20)13-5-4-6-14(18)16(13)19/h4-6,10,12,15H,7-9,20H2,1-3H3,(H,21,22). The number of hydrogen-bond acceptors (Lipinski definition) is 4. The highest BCUT2D eigenvalue weighted by Crippen LogP contribution is 2.25. The van der Waals surface area contributed by atoms with Gasteiger partial charge < -0.3 is 15.8 Å². The van der Waals surface area contributed by atoms with Crippen molar-refractivity contribution in [3.05, 3.63) is 35.4 Å². The second-order valence-corrected chi connectivity index (χ2v) is 5.89. The van der Waals surface area contributed by atoms with Crippen molar-refractivity contribution in [2.24, 2.45) is 5.73 Å². The van der Waals surface area contributed by atoms with Crippen molar-refractivity contribution in [1.82, 2.24) is 5.32 Å². The van der Waals surface area contributed by atoms with Gasteiger partial charge in [0, 0.05) is 6.92 Å². The maximum Gasteiger partial charge on any atom is 0.328 e. The largest absolute Gasteiger partial charge is 0.461 e. The van der Waals surface area contributed by atoms with E-state index in [0.717, 1.165) is 6.07 Å². The van der Waals surface area contributed by atoms with E-state index in [2.05, 4.69) is 5.32 Å². The lowest BCUT2D eigenvalue weighted by atomic mass is 9.92. The Morgan fingerprint density at radius 2 is 1.92 bits per heavy atom. The molecule has 2 atom stereocenters. The minimum atomic E-state index is -0.941. The van der Waals surface area contributed by atoms with Crippen LogP contribution in [0.1, 0.15) is 45.1 Å². The second-order valence-electron chi connectivity index (χ2n) is 5.89. The molecule has 0 aromatic heterocycles. The minimum Gasteiger partial charge on any atom is -0.461 e. The predicted octanol–water partition coefficient (Wildman–Crippen LogP) is 2.24. The molecule has 3 N–H and O–H groups in total. The van der Waals surface area contributed by atoms with Gasteiger partial charge in [0.25, 0.3) is 0 Å². The smallest absolute Gasteiger partial charge is 0.328 e. The van der Waals surface area contributed by atoms with Crippen molar-refractivity contribution in [2.45, 2.75) is 51.7 Å². The Balaban J connectivity index is 2.84. The molecule has 2 unspecified atom stereocenters. The van der Waals surface area contributed by atoms with E-state index in [1.54, 1.807) is 13.8 Å². The van der Waals surface area contributed by atoms with Crippen LogP contribution in [0, 0.1) is 11.6 Å². The molecule has 1 rings (SSSR count). The molecule has 5 nitrogen and oxygen atoms in total. The summed E-state index contributed by atoms with van der Waals surface area (Å²) in [7, 11) is 0. The van der Waals surface area contributed by atoms with Crippen LogP contribution in [0.2, 0.25) is 0 Å². The van der Waals surface area contributed by atoms with E-state index in [-0.39, 0.29) is 30.5 Å². The molecule has 0 aliphatic heterocycles. The van der Waals surface area contributed by atoms with Gasteiger partial charge in [0.1, 0.15) is 6.04 Å². The average Bonchev–Trinajstić information content (AvgIpc) is 2.49.